The van der Waals surface area contributed by atoms with Gasteiger partial charge in [0.1, 0.15) is 0 Å². The van der Waals surface area contributed by atoms with Gasteiger partial charge in [0.05, 0.1) is 18.8 Å². The van der Waals surface area contributed by atoms with Crippen molar-refractivity contribution in [2.45, 2.75) is 19.4 Å². The maximum Gasteiger partial charge on any atom is 0.154 e. The van der Waals surface area contributed by atoms with Crippen LogP contribution in [0.3, 0.4) is 0 Å². The number of nitrogen functional groups attached to an aromatic ring is 1. The second kappa shape index (κ2) is 3.66. The van der Waals surface area contributed by atoms with Gasteiger partial charge < -0.3 is 15.4 Å². The summed E-state index contributed by atoms with van der Waals surface area (Å²) in [5, 5.41) is 7.87. The van der Waals surface area contributed by atoms with Crippen LogP contribution in [0.1, 0.15) is 13.8 Å². The number of morpholine rings is 1. The van der Waals surface area contributed by atoms with Gasteiger partial charge in [-0.3, -0.25) is 0 Å². The highest BCUT2D eigenvalue weighted by atomic mass is 16.5. The van der Waals surface area contributed by atoms with Crippen molar-refractivity contribution >= 4 is 11.6 Å². The molecule has 0 spiro atoms. The van der Waals surface area contributed by atoms with Gasteiger partial charge in [0.15, 0.2) is 11.6 Å². The fraction of sp³-hybridized carbons (Fsp3) is 0.600. The largest absolute Gasteiger partial charge is 0.382 e. The Hall–Kier alpha value is -1.36. The number of nitrogens with zero attached hydrogens (tertiary/aromatic N) is 3. The molecule has 1 aromatic rings. The van der Waals surface area contributed by atoms with Gasteiger partial charge in [0.2, 0.25) is 0 Å². The summed E-state index contributed by atoms with van der Waals surface area (Å²) in [6.07, 6.45) is 0. The van der Waals surface area contributed by atoms with E-state index in [-0.39, 0.29) is 5.54 Å². The summed E-state index contributed by atoms with van der Waals surface area (Å²) in [6, 6.07) is 4.63. The first-order valence-electron chi connectivity index (χ1n) is 4.96. The molecule has 5 nitrogen and oxygen atoms in total. The highest BCUT2D eigenvalue weighted by Gasteiger charge is 2.31. The van der Waals surface area contributed by atoms with Crippen LogP contribution < -0.4 is 10.6 Å². The van der Waals surface area contributed by atoms with Crippen LogP contribution in [0.5, 0.6) is 0 Å². The fourth-order valence-electron chi connectivity index (χ4n) is 1.72. The molecule has 2 heterocycles. The van der Waals surface area contributed by atoms with Gasteiger partial charge in [-0.25, -0.2) is 0 Å². The van der Waals surface area contributed by atoms with Gasteiger partial charge in [0.25, 0.3) is 0 Å². The van der Waals surface area contributed by atoms with E-state index < -0.39 is 0 Å². The van der Waals surface area contributed by atoms with Crippen LogP contribution in [0.4, 0.5) is 11.6 Å². The van der Waals surface area contributed by atoms with E-state index >= 15 is 0 Å². The SMILES string of the molecule is CC1(C)COCCN1c1c[c]c(N)nn1. The number of rotatable bonds is 1. The highest BCUT2D eigenvalue weighted by Crippen LogP contribution is 2.24. The number of hydrogen-bond donors (Lipinski definition) is 1. The molecule has 0 amide bonds. The monoisotopic (exact) mass is 207 g/mol. The third kappa shape index (κ3) is 2.02. The van der Waals surface area contributed by atoms with Crippen molar-refractivity contribution in [2.75, 3.05) is 30.4 Å². The molecule has 15 heavy (non-hydrogen) atoms. The Labute approximate surface area is 89.2 Å². The summed E-state index contributed by atoms with van der Waals surface area (Å²) >= 11 is 0. The Morgan fingerprint density at radius 1 is 1.53 bits per heavy atom. The van der Waals surface area contributed by atoms with E-state index in [0.29, 0.717) is 12.4 Å². The maximum absolute atomic E-state index is 5.45. The number of ether oxygens (including phenoxy) is 1. The minimum atomic E-state index is -0.0586. The van der Waals surface area contributed by atoms with Crippen molar-refractivity contribution in [3.63, 3.8) is 0 Å². The number of anilines is 2. The first-order valence-corrected chi connectivity index (χ1v) is 4.96. The first-order chi connectivity index (χ1) is 7.09. The maximum atomic E-state index is 5.45. The van der Waals surface area contributed by atoms with Crippen LogP contribution in [0.2, 0.25) is 0 Å². The Balaban J connectivity index is 2.25. The van der Waals surface area contributed by atoms with Gasteiger partial charge in [-0.15, -0.1) is 10.2 Å². The van der Waals surface area contributed by atoms with Crippen molar-refractivity contribution in [2.24, 2.45) is 0 Å². The summed E-state index contributed by atoms with van der Waals surface area (Å²) in [5.74, 6) is 1.13. The normalized spacial score (nSPS) is 20.3. The molecule has 1 aromatic heterocycles. The first kappa shape index (κ1) is 10.2. The molecule has 2 rings (SSSR count). The van der Waals surface area contributed by atoms with Crippen LogP contribution in [0, 0.1) is 6.07 Å². The number of nitrogens with two attached hydrogens (primary N) is 1. The Morgan fingerprint density at radius 3 is 2.93 bits per heavy atom. The van der Waals surface area contributed by atoms with Crippen LogP contribution in [0.25, 0.3) is 0 Å². The molecule has 0 aromatic carbocycles. The molecule has 1 radical (unpaired) electrons. The van der Waals surface area contributed by atoms with Crippen molar-refractivity contribution < 1.29 is 4.74 Å². The number of aromatic nitrogens is 2. The van der Waals surface area contributed by atoms with E-state index in [1.807, 2.05) is 0 Å². The lowest BCUT2D eigenvalue weighted by Gasteiger charge is -2.42. The van der Waals surface area contributed by atoms with Crippen LogP contribution in [0.15, 0.2) is 6.07 Å². The topological polar surface area (TPSA) is 64.3 Å². The van der Waals surface area contributed by atoms with Gasteiger partial charge in [-0.05, 0) is 19.9 Å². The Kier molecular flexibility index (Phi) is 2.48. The average molecular weight is 207 g/mol. The summed E-state index contributed by atoms with van der Waals surface area (Å²) in [6.45, 7) is 6.46. The molecule has 0 unspecified atom stereocenters. The summed E-state index contributed by atoms with van der Waals surface area (Å²) < 4.78 is 5.44. The average Bonchev–Trinajstić information content (AvgIpc) is 2.19. The molecule has 2 N–H and O–H groups in total. The van der Waals surface area contributed by atoms with E-state index in [1.165, 1.54) is 0 Å². The third-order valence-electron chi connectivity index (χ3n) is 2.53. The zero-order valence-corrected chi connectivity index (χ0v) is 9.03. The molecule has 0 bridgehead atoms. The molecule has 1 fully saturated rings. The van der Waals surface area contributed by atoms with E-state index in [2.05, 4.69) is 35.0 Å². The molecule has 5 heteroatoms. The fourth-order valence-corrected chi connectivity index (χ4v) is 1.72. The van der Waals surface area contributed by atoms with Crippen LogP contribution in [-0.4, -0.2) is 35.5 Å². The van der Waals surface area contributed by atoms with Crippen molar-refractivity contribution in [3.05, 3.63) is 12.1 Å². The van der Waals surface area contributed by atoms with E-state index in [1.54, 1.807) is 6.07 Å². The summed E-state index contributed by atoms with van der Waals surface area (Å²) in [7, 11) is 0. The molecular weight excluding hydrogens is 192 g/mol. The second-order valence-electron chi connectivity index (χ2n) is 4.25. The predicted octanol–water partition coefficient (Wildman–Crippen LogP) is 0.474. The lowest BCUT2D eigenvalue weighted by Crippen LogP contribution is -2.53. The van der Waals surface area contributed by atoms with Crippen molar-refractivity contribution in [1.82, 2.24) is 10.2 Å². The highest BCUT2D eigenvalue weighted by molar-refractivity contribution is 5.43. The lowest BCUT2D eigenvalue weighted by molar-refractivity contribution is 0.0638. The summed E-state index contributed by atoms with van der Waals surface area (Å²) in [4.78, 5) is 2.17. The second-order valence-corrected chi connectivity index (χ2v) is 4.25. The standard InChI is InChI=1S/C10H15N4O/c1-10(2)7-15-6-5-14(10)9-4-3-8(11)12-13-9/h4H,5-7H2,1-2H3,(H2,11,12). The third-order valence-corrected chi connectivity index (χ3v) is 2.53. The van der Waals surface area contributed by atoms with Crippen molar-refractivity contribution in [1.29, 1.82) is 0 Å². The van der Waals surface area contributed by atoms with Gasteiger partial charge >= 0.3 is 0 Å². The minimum Gasteiger partial charge on any atom is -0.382 e. The van der Waals surface area contributed by atoms with Gasteiger partial charge in [-0.2, -0.15) is 0 Å². The quantitative estimate of drug-likeness (QED) is 0.725. The number of hydrogen-bond acceptors (Lipinski definition) is 5. The molecule has 0 aliphatic carbocycles. The zero-order chi connectivity index (χ0) is 10.9. The summed E-state index contributed by atoms with van der Waals surface area (Å²) in [5.41, 5.74) is 5.39. The van der Waals surface area contributed by atoms with Crippen molar-refractivity contribution in [3.8, 4) is 0 Å². The Morgan fingerprint density at radius 2 is 2.33 bits per heavy atom. The Bertz CT molecular complexity index is 336. The molecule has 0 saturated carbocycles. The molecule has 1 saturated heterocycles. The molecule has 81 valence electrons. The van der Waals surface area contributed by atoms with Crippen LogP contribution in [-0.2, 0) is 4.74 Å². The molecule has 1 aliphatic rings. The van der Waals surface area contributed by atoms with E-state index in [0.717, 1.165) is 19.0 Å². The lowest BCUT2D eigenvalue weighted by atomic mass is 10.0. The van der Waals surface area contributed by atoms with E-state index in [4.69, 9.17) is 10.5 Å². The molecular formula is C10H15N4O. The van der Waals surface area contributed by atoms with E-state index in [9.17, 15) is 0 Å². The minimum absolute atomic E-state index is 0.0586. The van der Waals surface area contributed by atoms with Gasteiger partial charge in [0, 0.05) is 12.6 Å². The molecule has 0 atom stereocenters. The zero-order valence-electron chi connectivity index (χ0n) is 9.03. The van der Waals surface area contributed by atoms with Gasteiger partial charge in [-0.1, -0.05) is 0 Å². The molecule has 1 aliphatic heterocycles. The predicted molar refractivity (Wildman–Crippen MR) is 57.5 cm³/mol. The smallest absolute Gasteiger partial charge is 0.154 e. The van der Waals surface area contributed by atoms with Crippen LogP contribution >= 0.6 is 0 Å².